The van der Waals surface area contributed by atoms with Gasteiger partial charge in [0.15, 0.2) is 0 Å². The van der Waals surface area contributed by atoms with Crippen LogP contribution in [0.2, 0.25) is 0 Å². The highest BCUT2D eigenvalue weighted by atomic mass is 32.2. The number of thioether (sulfide) groups is 1. The Balaban J connectivity index is 2.00. The smallest absolute Gasteiger partial charge is 0.318 e. The van der Waals surface area contributed by atoms with Crippen LogP contribution in [0.4, 0.5) is 4.79 Å². The molecule has 8 nitrogen and oxygen atoms in total. The van der Waals surface area contributed by atoms with E-state index in [1.54, 1.807) is 11.6 Å². The second kappa shape index (κ2) is 6.69. The second-order valence-corrected chi connectivity index (χ2v) is 6.12. The van der Waals surface area contributed by atoms with E-state index < -0.39 is 17.2 Å². The van der Waals surface area contributed by atoms with Crippen molar-refractivity contribution in [2.75, 3.05) is 0 Å². The first kappa shape index (κ1) is 14.8. The van der Waals surface area contributed by atoms with E-state index in [9.17, 15) is 9.59 Å². The summed E-state index contributed by atoms with van der Waals surface area (Å²) in [5.74, 6) is -0.444. The van der Waals surface area contributed by atoms with E-state index in [0.29, 0.717) is 11.2 Å². The monoisotopic (exact) mass is 298 g/mol. The lowest BCUT2D eigenvalue weighted by molar-refractivity contribution is -0.119. The predicted molar refractivity (Wildman–Crippen MR) is 73.0 cm³/mol. The lowest BCUT2D eigenvalue weighted by Crippen LogP contribution is -2.39. The van der Waals surface area contributed by atoms with Crippen molar-refractivity contribution in [3.05, 3.63) is 0 Å². The van der Waals surface area contributed by atoms with E-state index >= 15 is 0 Å². The van der Waals surface area contributed by atoms with Crippen LogP contribution in [0, 0.1) is 0 Å². The van der Waals surface area contributed by atoms with Crippen LogP contribution in [-0.4, -0.2) is 37.4 Å². The fourth-order valence-electron chi connectivity index (χ4n) is 2.25. The number of rotatable bonds is 4. The molecule has 20 heavy (non-hydrogen) atoms. The van der Waals surface area contributed by atoms with Crippen molar-refractivity contribution >= 4 is 23.7 Å². The van der Waals surface area contributed by atoms with Crippen LogP contribution in [0.15, 0.2) is 5.16 Å². The molecule has 0 unspecified atom stereocenters. The minimum absolute atomic E-state index is 0.299. The van der Waals surface area contributed by atoms with Gasteiger partial charge in [0, 0.05) is 0 Å². The number of imide groups is 1. The van der Waals surface area contributed by atoms with Crippen LogP contribution in [-0.2, 0) is 4.79 Å². The minimum Gasteiger partial charge on any atom is -0.351 e. The van der Waals surface area contributed by atoms with Gasteiger partial charge in [-0.1, -0.05) is 31.0 Å². The Bertz CT molecular complexity index is 485. The number of hydrogen-bond donors (Lipinski definition) is 2. The van der Waals surface area contributed by atoms with Crippen molar-refractivity contribution in [2.45, 2.75) is 55.5 Å². The van der Waals surface area contributed by atoms with Gasteiger partial charge in [-0.15, -0.1) is 5.10 Å². The molecule has 9 heteroatoms. The quantitative estimate of drug-likeness (QED) is 0.796. The highest BCUT2D eigenvalue weighted by molar-refractivity contribution is 8.00. The third kappa shape index (κ3) is 3.69. The first-order valence-electron chi connectivity index (χ1n) is 6.62. The van der Waals surface area contributed by atoms with Gasteiger partial charge in [-0.3, -0.25) is 10.1 Å². The third-order valence-corrected chi connectivity index (χ3v) is 4.33. The summed E-state index contributed by atoms with van der Waals surface area (Å²) in [6.07, 6.45) is 5.71. The van der Waals surface area contributed by atoms with Gasteiger partial charge in [-0.05, 0) is 30.2 Å². The first-order valence-corrected chi connectivity index (χ1v) is 7.50. The molecular formula is C11H18N6O2S. The van der Waals surface area contributed by atoms with Crippen LogP contribution in [0.1, 0.15) is 45.1 Å². The number of primary amides is 1. The van der Waals surface area contributed by atoms with Crippen molar-refractivity contribution in [1.29, 1.82) is 0 Å². The largest absolute Gasteiger partial charge is 0.351 e. The van der Waals surface area contributed by atoms with E-state index in [-0.39, 0.29) is 0 Å². The Morgan fingerprint density at radius 2 is 2.10 bits per heavy atom. The zero-order valence-electron chi connectivity index (χ0n) is 11.3. The molecule has 2 rings (SSSR count). The maximum atomic E-state index is 11.7. The van der Waals surface area contributed by atoms with Crippen LogP contribution in [0.5, 0.6) is 0 Å². The first-order chi connectivity index (χ1) is 9.58. The summed E-state index contributed by atoms with van der Waals surface area (Å²) < 4.78 is 1.79. The Hall–Kier alpha value is -1.64. The molecular weight excluding hydrogens is 280 g/mol. The van der Waals surface area contributed by atoms with Crippen molar-refractivity contribution in [3.63, 3.8) is 0 Å². The number of carbonyl (C=O) groups is 2. The maximum absolute atomic E-state index is 11.7. The number of nitrogens with one attached hydrogen (secondary N) is 1. The number of tetrazole rings is 1. The summed E-state index contributed by atoms with van der Waals surface area (Å²) in [5.41, 5.74) is 4.93. The minimum atomic E-state index is -0.852. The van der Waals surface area contributed by atoms with Gasteiger partial charge in [-0.25, -0.2) is 9.48 Å². The fourth-order valence-corrected chi connectivity index (χ4v) is 3.11. The summed E-state index contributed by atoms with van der Waals surface area (Å²) in [4.78, 5) is 22.3. The average molecular weight is 298 g/mol. The van der Waals surface area contributed by atoms with Crippen LogP contribution >= 0.6 is 11.8 Å². The Kier molecular flexibility index (Phi) is 4.94. The molecule has 1 aromatic heterocycles. The zero-order chi connectivity index (χ0) is 14.5. The molecule has 3 amide bonds. The summed E-state index contributed by atoms with van der Waals surface area (Å²) >= 11 is 1.23. The zero-order valence-corrected chi connectivity index (χ0v) is 12.1. The van der Waals surface area contributed by atoms with Gasteiger partial charge in [0.25, 0.3) is 0 Å². The molecule has 1 aliphatic rings. The fraction of sp³-hybridized carbons (Fsp3) is 0.727. The maximum Gasteiger partial charge on any atom is 0.318 e. The Morgan fingerprint density at radius 1 is 1.40 bits per heavy atom. The standard InChI is InChI=1S/C11H18N6O2S/c1-7(9(18)13-10(12)19)20-11-14-15-16-17(11)8-5-3-2-4-6-8/h7-8H,2-6H2,1H3,(H3,12,13,18,19)/t7-/m0/s1. The number of amides is 3. The summed E-state index contributed by atoms with van der Waals surface area (Å²) in [5, 5.41) is 13.8. The molecule has 110 valence electrons. The lowest BCUT2D eigenvalue weighted by atomic mass is 9.96. The molecule has 0 aromatic carbocycles. The predicted octanol–water partition coefficient (Wildman–Crippen LogP) is 0.854. The third-order valence-electron chi connectivity index (χ3n) is 3.28. The number of hydrogen-bond acceptors (Lipinski definition) is 6. The summed E-state index contributed by atoms with van der Waals surface area (Å²) in [7, 11) is 0. The average Bonchev–Trinajstić information content (AvgIpc) is 2.87. The Labute approximate surface area is 120 Å². The van der Waals surface area contributed by atoms with Gasteiger partial charge >= 0.3 is 6.03 Å². The molecule has 1 saturated carbocycles. The van der Waals surface area contributed by atoms with Gasteiger partial charge in [0.2, 0.25) is 11.1 Å². The highest BCUT2D eigenvalue weighted by Crippen LogP contribution is 2.31. The van der Waals surface area contributed by atoms with Gasteiger partial charge in [-0.2, -0.15) is 0 Å². The van der Waals surface area contributed by atoms with E-state index in [1.807, 2.05) is 0 Å². The number of urea groups is 1. The number of nitrogens with zero attached hydrogens (tertiary/aromatic N) is 4. The molecule has 1 atom stereocenters. The summed E-state index contributed by atoms with van der Waals surface area (Å²) in [6.45, 7) is 1.68. The molecule has 1 heterocycles. The van der Waals surface area contributed by atoms with Crippen molar-refractivity contribution in [2.24, 2.45) is 5.73 Å². The molecule has 0 aliphatic heterocycles. The van der Waals surface area contributed by atoms with Gasteiger partial charge < -0.3 is 5.73 Å². The molecule has 1 aliphatic carbocycles. The normalized spacial score (nSPS) is 17.6. The van der Waals surface area contributed by atoms with E-state index in [2.05, 4.69) is 20.8 Å². The summed E-state index contributed by atoms with van der Waals surface area (Å²) in [6, 6.07) is -0.554. The number of carbonyl (C=O) groups excluding carboxylic acids is 2. The van der Waals surface area contributed by atoms with Gasteiger partial charge in [0.05, 0.1) is 11.3 Å². The van der Waals surface area contributed by atoms with Crippen LogP contribution in [0.3, 0.4) is 0 Å². The lowest BCUT2D eigenvalue weighted by Gasteiger charge is -2.22. The number of aromatic nitrogens is 4. The second-order valence-electron chi connectivity index (χ2n) is 4.81. The molecule has 0 saturated heterocycles. The molecule has 1 aromatic rings. The van der Waals surface area contributed by atoms with E-state index in [0.717, 1.165) is 12.8 Å². The molecule has 0 spiro atoms. The van der Waals surface area contributed by atoms with Crippen molar-refractivity contribution in [1.82, 2.24) is 25.5 Å². The van der Waals surface area contributed by atoms with Crippen molar-refractivity contribution < 1.29 is 9.59 Å². The number of nitrogens with two attached hydrogens (primary N) is 1. The van der Waals surface area contributed by atoms with E-state index in [4.69, 9.17) is 5.73 Å². The molecule has 1 fully saturated rings. The SMILES string of the molecule is C[C@H](Sc1nnnn1C1CCCCC1)C(=O)NC(N)=O. The topological polar surface area (TPSA) is 116 Å². The molecule has 3 N–H and O–H groups in total. The van der Waals surface area contributed by atoms with E-state index in [1.165, 1.54) is 31.0 Å². The molecule has 0 radical (unpaired) electrons. The molecule has 0 bridgehead atoms. The highest BCUT2D eigenvalue weighted by Gasteiger charge is 2.24. The Morgan fingerprint density at radius 3 is 2.75 bits per heavy atom. The van der Waals surface area contributed by atoms with Gasteiger partial charge in [0.1, 0.15) is 0 Å². The van der Waals surface area contributed by atoms with Crippen LogP contribution < -0.4 is 11.1 Å². The van der Waals surface area contributed by atoms with Crippen LogP contribution in [0.25, 0.3) is 0 Å². The van der Waals surface area contributed by atoms with Crippen molar-refractivity contribution in [3.8, 4) is 0 Å².